The minimum absolute atomic E-state index is 0.0487. The van der Waals surface area contributed by atoms with Gasteiger partial charge in [0.2, 0.25) is 5.91 Å². The van der Waals surface area contributed by atoms with E-state index in [-0.39, 0.29) is 16.3 Å². The minimum Gasteiger partial charge on any atom is -0.495 e. The molecule has 0 spiro atoms. The lowest BCUT2D eigenvalue weighted by Crippen LogP contribution is -2.41. The molecule has 1 atom stereocenters. The molecule has 3 aromatic carbocycles. The lowest BCUT2D eigenvalue weighted by molar-refractivity contribution is -0.120. The Kier molecular flexibility index (Phi) is 8.94. The van der Waals surface area contributed by atoms with Crippen molar-refractivity contribution in [2.24, 2.45) is 0 Å². The fourth-order valence-electron chi connectivity index (χ4n) is 3.78. The van der Waals surface area contributed by atoms with E-state index in [1.807, 2.05) is 6.92 Å². The lowest BCUT2D eigenvalue weighted by Gasteiger charge is -2.26. The quantitative estimate of drug-likeness (QED) is 0.382. The van der Waals surface area contributed by atoms with Gasteiger partial charge in [0, 0.05) is 5.02 Å². The maximum atomic E-state index is 13.9. The summed E-state index contributed by atoms with van der Waals surface area (Å²) in [7, 11) is 0.253. The van der Waals surface area contributed by atoms with E-state index in [4.69, 9.17) is 25.8 Å². The van der Waals surface area contributed by atoms with Crippen molar-refractivity contribution in [1.29, 1.82) is 0 Å². The summed E-state index contributed by atoms with van der Waals surface area (Å²) < 4.78 is 44.8. The first-order valence-electron chi connectivity index (χ1n) is 11.5. The summed E-state index contributed by atoms with van der Waals surface area (Å²) in [5.41, 5.74) is 2.53. The second-order valence-corrected chi connectivity index (χ2v) is 10.7. The molecule has 0 unspecified atom stereocenters. The van der Waals surface area contributed by atoms with Gasteiger partial charge in [-0.15, -0.1) is 0 Å². The predicted octanol–water partition coefficient (Wildman–Crippen LogP) is 5.06. The molecule has 0 aromatic heterocycles. The van der Waals surface area contributed by atoms with E-state index in [0.29, 0.717) is 16.5 Å². The molecule has 1 N–H and O–H groups in total. The number of anilines is 1. The number of nitrogens with zero attached hydrogens (tertiary/aromatic N) is 1. The van der Waals surface area contributed by atoms with Gasteiger partial charge < -0.3 is 19.5 Å². The van der Waals surface area contributed by atoms with Crippen molar-refractivity contribution in [3.8, 4) is 17.2 Å². The number of sulfonamides is 1. The van der Waals surface area contributed by atoms with E-state index in [2.05, 4.69) is 5.32 Å². The number of hydrogen-bond acceptors (Lipinski definition) is 6. The molecule has 3 rings (SSSR count). The third kappa shape index (κ3) is 6.29. The van der Waals surface area contributed by atoms with Gasteiger partial charge in [0.05, 0.1) is 33.1 Å². The molecule has 3 aromatic rings. The van der Waals surface area contributed by atoms with E-state index in [1.54, 1.807) is 56.3 Å². The third-order valence-corrected chi connectivity index (χ3v) is 8.11. The first-order valence-corrected chi connectivity index (χ1v) is 13.3. The molecule has 1 amide bonds. The Balaban J connectivity index is 1.97. The second kappa shape index (κ2) is 11.7. The first-order chi connectivity index (χ1) is 17.5. The van der Waals surface area contributed by atoms with Crippen LogP contribution in [0.15, 0.2) is 59.5 Å². The van der Waals surface area contributed by atoms with Gasteiger partial charge in [0.15, 0.2) is 11.5 Å². The zero-order chi connectivity index (χ0) is 27.3. The van der Waals surface area contributed by atoms with E-state index in [0.717, 1.165) is 21.0 Å². The molecule has 0 bridgehead atoms. The monoisotopic (exact) mass is 546 g/mol. The van der Waals surface area contributed by atoms with Gasteiger partial charge in [-0.3, -0.25) is 9.10 Å². The number of benzene rings is 3. The zero-order valence-electron chi connectivity index (χ0n) is 21.7. The Bertz CT molecular complexity index is 1390. The smallest absolute Gasteiger partial charge is 0.268 e. The highest BCUT2D eigenvalue weighted by atomic mass is 35.5. The molecule has 0 aliphatic rings. The summed E-state index contributed by atoms with van der Waals surface area (Å²) in [6, 6.07) is 14.6. The Morgan fingerprint density at radius 1 is 0.919 bits per heavy atom. The van der Waals surface area contributed by atoms with Crippen LogP contribution in [0.4, 0.5) is 5.69 Å². The molecule has 0 aliphatic carbocycles. The summed E-state index contributed by atoms with van der Waals surface area (Å²) in [6.07, 6.45) is 0. The van der Waals surface area contributed by atoms with Crippen molar-refractivity contribution in [1.82, 2.24) is 5.32 Å². The summed E-state index contributed by atoms with van der Waals surface area (Å²) in [5.74, 6) is 0.749. The summed E-state index contributed by atoms with van der Waals surface area (Å²) in [5, 5.41) is 3.25. The molecule has 0 radical (unpaired) electrons. The van der Waals surface area contributed by atoms with Crippen LogP contribution in [0.1, 0.15) is 29.7 Å². The third-order valence-electron chi connectivity index (χ3n) is 5.90. The largest absolute Gasteiger partial charge is 0.495 e. The van der Waals surface area contributed by atoms with Crippen LogP contribution >= 0.6 is 11.6 Å². The molecule has 198 valence electrons. The minimum atomic E-state index is -4.21. The second-order valence-electron chi connectivity index (χ2n) is 8.50. The Morgan fingerprint density at radius 3 is 2.19 bits per heavy atom. The molecule has 0 saturated carbocycles. The maximum Gasteiger partial charge on any atom is 0.268 e. The van der Waals surface area contributed by atoms with Crippen molar-refractivity contribution < 1.29 is 27.4 Å². The van der Waals surface area contributed by atoms with Gasteiger partial charge in [-0.2, -0.15) is 0 Å². The van der Waals surface area contributed by atoms with Gasteiger partial charge in [-0.05, 0) is 73.9 Å². The number of aryl methyl sites for hydroxylation is 2. The molecule has 0 saturated heterocycles. The number of rotatable bonds is 10. The predicted molar refractivity (Wildman–Crippen MR) is 145 cm³/mol. The molecular formula is C27H31ClN2O6S. The topological polar surface area (TPSA) is 94.2 Å². The first kappa shape index (κ1) is 28.1. The molecule has 0 fully saturated rings. The zero-order valence-corrected chi connectivity index (χ0v) is 23.2. The van der Waals surface area contributed by atoms with Crippen LogP contribution in [0, 0.1) is 13.8 Å². The number of nitrogens with one attached hydrogen (secondary N) is 1. The molecule has 8 nitrogen and oxygen atoms in total. The van der Waals surface area contributed by atoms with Crippen LogP contribution in [0.3, 0.4) is 0 Å². The highest BCUT2D eigenvalue weighted by Crippen LogP contribution is 2.33. The van der Waals surface area contributed by atoms with Crippen LogP contribution in [0.5, 0.6) is 17.2 Å². The Labute approximate surface area is 223 Å². The number of ether oxygens (including phenoxy) is 3. The molecule has 0 heterocycles. The molecule has 0 aliphatic heterocycles. The normalized spacial score (nSPS) is 12.0. The summed E-state index contributed by atoms with van der Waals surface area (Å²) in [6.45, 7) is 4.91. The van der Waals surface area contributed by atoms with Crippen LogP contribution < -0.4 is 23.8 Å². The van der Waals surface area contributed by atoms with Crippen LogP contribution in [0.2, 0.25) is 5.02 Å². The van der Waals surface area contributed by atoms with Gasteiger partial charge in [-0.25, -0.2) is 8.42 Å². The number of hydrogen-bond donors (Lipinski definition) is 1. The number of amides is 1. The van der Waals surface area contributed by atoms with E-state index in [9.17, 15) is 13.2 Å². The van der Waals surface area contributed by atoms with Gasteiger partial charge >= 0.3 is 0 Å². The van der Waals surface area contributed by atoms with Crippen molar-refractivity contribution in [3.05, 3.63) is 76.3 Å². The number of halogens is 1. The van der Waals surface area contributed by atoms with Gasteiger partial charge in [0.1, 0.15) is 17.2 Å². The van der Waals surface area contributed by atoms with E-state index < -0.39 is 28.5 Å². The van der Waals surface area contributed by atoms with E-state index in [1.165, 1.54) is 33.5 Å². The summed E-state index contributed by atoms with van der Waals surface area (Å²) >= 11 is 6.32. The standard InChI is InChI=1S/C27H31ClN2O6S/c1-17-7-11-24(35-5)26(13-17)37(32,33)30(21-10-8-18(2)22(28)15-21)16-27(31)29-19(3)20-9-12-23(34-4)25(14-20)36-6/h7-15,19H,16H2,1-6H3,(H,29,31)/t19-/m1/s1. The van der Waals surface area contributed by atoms with Crippen molar-refractivity contribution in [3.63, 3.8) is 0 Å². The van der Waals surface area contributed by atoms with Crippen LogP contribution in [0.25, 0.3) is 0 Å². The number of carbonyl (C=O) groups excluding carboxylic acids is 1. The highest BCUT2D eigenvalue weighted by Gasteiger charge is 2.31. The summed E-state index contributed by atoms with van der Waals surface area (Å²) in [4.78, 5) is 13.2. The molecular weight excluding hydrogens is 516 g/mol. The Morgan fingerprint density at radius 2 is 1.57 bits per heavy atom. The number of methoxy groups -OCH3 is 3. The molecule has 10 heteroatoms. The fourth-order valence-corrected chi connectivity index (χ4v) is 5.61. The van der Waals surface area contributed by atoms with Gasteiger partial charge in [-0.1, -0.05) is 29.8 Å². The highest BCUT2D eigenvalue weighted by molar-refractivity contribution is 7.93. The average molecular weight is 547 g/mol. The Hall–Kier alpha value is -3.43. The average Bonchev–Trinajstić information content (AvgIpc) is 2.88. The van der Waals surface area contributed by atoms with Gasteiger partial charge in [0.25, 0.3) is 10.0 Å². The van der Waals surface area contributed by atoms with E-state index >= 15 is 0 Å². The van der Waals surface area contributed by atoms with Crippen molar-refractivity contribution >= 4 is 33.2 Å². The van der Waals surface area contributed by atoms with Crippen molar-refractivity contribution in [2.45, 2.75) is 31.7 Å². The lowest BCUT2D eigenvalue weighted by atomic mass is 10.1. The number of carbonyl (C=O) groups is 1. The van der Waals surface area contributed by atoms with Crippen LogP contribution in [-0.4, -0.2) is 42.2 Å². The fraction of sp³-hybridized carbons (Fsp3) is 0.296. The van der Waals surface area contributed by atoms with Crippen LogP contribution in [-0.2, 0) is 14.8 Å². The van der Waals surface area contributed by atoms with Crippen molar-refractivity contribution in [2.75, 3.05) is 32.2 Å². The SMILES string of the molecule is COc1ccc([C@@H](C)NC(=O)CN(c2ccc(C)c(Cl)c2)S(=O)(=O)c2cc(C)ccc2OC)cc1OC. The maximum absolute atomic E-state index is 13.9. The molecule has 37 heavy (non-hydrogen) atoms.